The Labute approximate surface area is 74.2 Å². The van der Waals surface area contributed by atoms with Gasteiger partial charge in [0.25, 0.3) is 0 Å². The molecule has 0 aromatic carbocycles. The average Bonchev–Trinajstić information content (AvgIpc) is 2.45. The number of hydrogen-bond acceptors (Lipinski definition) is 3. The zero-order chi connectivity index (χ0) is 8.81. The third kappa shape index (κ3) is 2.95. The number of nitrogens with one attached hydrogen (secondary N) is 1. The minimum Gasteiger partial charge on any atom is -0.370 e. The molecule has 1 N–H and O–H groups in total. The summed E-state index contributed by atoms with van der Waals surface area (Å²) in [6.07, 6.45) is 7.54. The Morgan fingerprint density at radius 1 is 1.75 bits per heavy atom. The number of hydrogen-bond donors (Lipinski definition) is 1. The molecule has 0 saturated carbocycles. The number of unbranched alkanes of at least 4 members (excludes halogenated alkanes) is 1. The van der Waals surface area contributed by atoms with Crippen molar-refractivity contribution in [2.45, 2.75) is 19.3 Å². The number of rotatable bonds is 4. The molecule has 3 heteroatoms. The first-order valence-electron chi connectivity index (χ1n) is 4.38. The maximum atomic E-state index is 3.94. The van der Waals surface area contributed by atoms with Crippen molar-refractivity contribution in [3.8, 4) is 0 Å². The van der Waals surface area contributed by atoms with Crippen LogP contribution in [0.5, 0.6) is 0 Å². The van der Waals surface area contributed by atoms with Gasteiger partial charge < -0.3 is 15.2 Å². The molecular formula is C9H17N3. The zero-order valence-corrected chi connectivity index (χ0v) is 7.88. The molecule has 0 amide bonds. The van der Waals surface area contributed by atoms with Gasteiger partial charge in [-0.15, -0.1) is 0 Å². The van der Waals surface area contributed by atoms with Crippen molar-refractivity contribution in [1.82, 2.24) is 10.2 Å². The number of nitrogens with zero attached hydrogens (tertiary/aromatic N) is 2. The topological polar surface area (TPSA) is 27.6 Å². The van der Waals surface area contributed by atoms with E-state index in [-0.39, 0.29) is 0 Å². The summed E-state index contributed by atoms with van der Waals surface area (Å²) in [6, 6.07) is 0. The van der Waals surface area contributed by atoms with E-state index in [0.29, 0.717) is 0 Å². The third-order valence-electron chi connectivity index (χ3n) is 1.89. The molecular weight excluding hydrogens is 150 g/mol. The Morgan fingerprint density at radius 2 is 2.58 bits per heavy atom. The van der Waals surface area contributed by atoms with E-state index in [1.54, 1.807) is 0 Å². The van der Waals surface area contributed by atoms with Gasteiger partial charge in [0.1, 0.15) is 0 Å². The summed E-state index contributed by atoms with van der Waals surface area (Å²) in [5.41, 5.74) is 1.35. The van der Waals surface area contributed by atoms with Crippen molar-refractivity contribution in [2.75, 3.05) is 20.8 Å². The highest BCUT2D eigenvalue weighted by atomic mass is 15.2. The molecule has 1 aliphatic heterocycles. The maximum absolute atomic E-state index is 3.94. The molecule has 0 bridgehead atoms. The summed E-state index contributed by atoms with van der Waals surface area (Å²) in [5.74, 6) is 0. The van der Waals surface area contributed by atoms with Gasteiger partial charge in [0.05, 0.1) is 6.67 Å². The van der Waals surface area contributed by atoms with Gasteiger partial charge in [0.2, 0.25) is 0 Å². The van der Waals surface area contributed by atoms with Crippen LogP contribution in [0.3, 0.4) is 0 Å². The lowest BCUT2D eigenvalue weighted by Crippen LogP contribution is -2.16. The molecule has 68 valence electrons. The van der Waals surface area contributed by atoms with Gasteiger partial charge in [0, 0.05) is 26.0 Å². The molecule has 1 rings (SSSR count). The fourth-order valence-electron chi connectivity index (χ4n) is 1.25. The summed E-state index contributed by atoms with van der Waals surface area (Å²) in [7, 11) is 3.90. The Balaban J connectivity index is 2.11. The standard InChI is InChI=1S/C9H17N3/c1-10-6-4-3-5-9-7-12(2)8-11-9/h6-7,11H,3-5,8H2,1-2H3. The van der Waals surface area contributed by atoms with Crippen LogP contribution in [0.4, 0.5) is 0 Å². The molecule has 0 aromatic heterocycles. The van der Waals surface area contributed by atoms with E-state index in [2.05, 4.69) is 28.5 Å². The fourth-order valence-corrected chi connectivity index (χ4v) is 1.25. The van der Waals surface area contributed by atoms with Crippen LogP contribution >= 0.6 is 0 Å². The van der Waals surface area contributed by atoms with Crippen molar-refractivity contribution in [2.24, 2.45) is 4.99 Å². The van der Waals surface area contributed by atoms with Gasteiger partial charge in [-0.1, -0.05) is 0 Å². The third-order valence-corrected chi connectivity index (χ3v) is 1.89. The molecule has 0 radical (unpaired) electrons. The predicted octanol–water partition coefficient (Wildman–Crippen LogP) is 1.19. The van der Waals surface area contributed by atoms with E-state index < -0.39 is 0 Å². The Morgan fingerprint density at radius 3 is 3.17 bits per heavy atom. The number of allylic oxidation sites excluding steroid dienone is 1. The van der Waals surface area contributed by atoms with E-state index in [9.17, 15) is 0 Å². The van der Waals surface area contributed by atoms with Crippen molar-refractivity contribution in [1.29, 1.82) is 0 Å². The lowest BCUT2D eigenvalue weighted by molar-refractivity contribution is 0.472. The van der Waals surface area contributed by atoms with E-state index in [4.69, 9.17) is 0 Å². The van der Waals surface area contributed by atoms with Crippen LogP contribution in [0.2, 0.25) is 0 Å². The molecule has 3 nitrogen and oxygen atoms in total. The maximum Gasteiger partial charge on any atom is 0.0866 e. The van der Waals surface area contributed by atoms with Crippen LogP contribution < -0.4 is 5.32 Å². The summed E-state index contributed by atoms with van der Waals surface area (Å²) in [5, 5.41) is 3.33. The van der Waals surface area contributed by atoms with Crippen molar-refractivity contribution < 1.29 is 0 Å². The van der Waals surface area contributed by atoms with Crippen LogP contribution in [0.25, 0.3) is 0 Å². The van der Waals surface area contributed by atoms with Gasteiger partial charge in [-0.25, -0.2) is 0 Å². The Bertz CT molecular complexity index is 184. The first-order chi connectivity index (χ1) is 5.83. The minimum atomic E-state index is 0.956. The smallest absolute Gasteiger partial charge is 0.0866 e. The largest absolute Gasteiger partial charge is 0.370 e. The first-order valence-corrected chi connectivity index (χ1v) is 4.38. The molecule has 0 saturated heterocycles. The summed E-state index contributed by atoms with van der Waals surface area (Å²) in [4.78, 5) is 6.10. The molecule has 0 aromatic rings. The van der Waals surface area contributed by atoms with Gasteiger partial charge in [-0.3, -0.25) is 0 Å². The highest BCUT2D eigenvalue weighted by Crippen LogP contribution is 2.08. The number of aliphatic imine (C=N–C) groups is 1. The summed E-state index contributed by atoms with van der Waals surface area (Å²) in [6.45, 7) is 0.956. The van der Waals surface area contributed by atoms with Crippen LogP contribution in [0.15, 0.2) is 16.9 Å². The normalized spacial score (nSPS) is 16.8. The molecule has 1 aliphatic rings. The molecule has 0 atom stereocenters. The lowest BCUT2D eigenvalue weighted by Gasteiger charge is -2.02. The minimum absolute atomic E-state index is 0.956. The average molecular weight is 167 g/mol. The van der Waals surface area contributed by atoms with E-state index in [1.165, 1.54) is 12.1 Å². The van der Waals surface area contributed by atoms with Gasteiger partial charge in [-0.05, 0) is 25.5 Å². The molecule has 1 heterocycles. The van der Waals surface area contributed by atoms with E-state index in [0.717, 1.165) is 19.5 Å². The van der Waals surface area contributed by atoms with Crippen LogP contribution in [-0.2, 0) is 0 Å². The Kier molecular flexibility index (Phi) is 3.64. The second kappa shape index (κ2) is 4.80. The highest BCUT2D eigenvalue weighted by Gasteiger charge is 2.05. The molecule has 0 fully saturated rings. The van der Waals surface area contributed by atoms with E-state index >= 15 is 0 Å². The van der Waals surface area contributed by atoms with Gasteiger partial charge in [0.15, 0.2) is 0 Å². The molecule has 12 heavy (non-hydrogen) atoms. The molecule has 0 spiro atoms. The quantitative estimate of drug-likeness (QED) is 0.503. The summed E-state index contributed by atoms with van der Waals surface area (Å²) < 4.78 is 0. The van der Waals surface area contributed by atoms with Gasteiger partial charge >= 0.3 is 0 Å². The lowest BCUT2D eigenvalue weighted by atomic mass is 10.2. The van der Waals surface area contributed by atoms with Crippen molar-refractivity contribution in [3.05, 3.63) is 11.9 Å². The predicted molar refractivity (Wildman–Crippen MR) is 52.1 cm³/mol. The second-order valence-electron chi connectivity index (χ2n) is 3.08. The Hall–Kier alpha value is -0.990. The fraction of sp³-hybridized carbons (Fsp3) is 0.667. The first kappa shape index (κ1) is 9.10. The highest BCUT2D eigenvalue weighted by molar-refractivity contribution is 5.56. The summed E-state index contributed by atoms with van der Waals surface area (Å²) >= 11 is 0. The van der Waals surface area contributed by atoms with Gasteiger partial charge in [-0.2, -0.15) is 0 Å². The molecule has 0 aliphatic carbocycles. The molecule has 0 unspecified atom stereocenters. The van der Waals surface area contributed by atoms with Crippen LogP contribution in [-0.4, -0.2) is 31.9 Å². The van der Waals surface area contributed by atoms with Crippen LogP contribution in [0, 0.1) is 0 Å². The van der Waals surface area contributed by atoms with Crippen molar-refractivity contribution in [3.63, 3.8) is 0 Å². The SMILES string of the molecule is CN=CCCCC1=CN(C)CN1. The van der Waals surface area contributed by atoms with Crippen molar-refractivity contribution >= 4 is 6.21 Å². The zero-order valence-electron chi connectivity index (χ0n) is 7.88. The second-order valence-corrected chi connectivity index (χ2v) is 3.08. The van der Waals surface area contributed by atoms with Crippen LogP contribution in [0.1, 0.15) is 19.3 Å². The van der Waals surface area contributed by atoms with E-state index in [1.807, 2.05) is 13.3 Å². The monoisotopic (exact) mass is 167 g/mol.